The summed E-state index contributed by atoms with van der Waals surface area (Å²) in [6.07, 6.45) is 2.42. The molecule has 4 rings (SSSR count). The van der Waals surface area contributed by atoms with E-state index in [4.69, 9.17) is 18.9 Å². The van der Waals surface area contributed by atoms with Crippen molar-refractivity contribution in [3.63, 3.8) is 0 Å². The number of hydrogen-bond acceptors (Lipinski definition) is 5. The second-order valence-corrected chi connectivity index (χ2v) is 15.7. The summed E-state index contributed by atoms with van der Waals surface area (Å²) in [5.74, 6) is 0.983. The molecule has 0 aromatic heterocycles. The maximum absolute atomic E-state index is 11.3. The van der Waals surface area contributed by atoms with Crippen molar-refractivity contribution in [3.8, 4) is 0 Å². The van der Waals surface area contributed by atoms with Crippen LogP contribution >= 0.6 is 0 Å². The van der Waals surface area contributed by atoms with Gasteiger partial charge in [-0.15, -0.1) is 0 Å². The Morgan fingerprint density at radius 3 is 2.59 bits per heavy atom. The predicted molar refractivity (Wildman–Crippen MR) is 108 cm³/mol. The van der Waals surface area contributed by atoms with Crippen LogP contribution in [0, 0.1) is 23.7 Å². The van der Waals surface area contributed by atoms with E-state index < -0.39 is 19.3 Å². The van der Waals surface area contributed by atoms with Gasteiger partial charge in [0.1, 0.15) is 13.6 Å². The molecule has 0 spiro atoms. The van der Waals surface area contributed by atoms with Crippen molar-refractivity contribution in [2.24, 2.45) is 23.7 Å². The first kappa shape index (κ1) is 21.5. The van der Waals surface area contributed by atoms with Crippen LogP contribution in [0.5, 0.6) is 0 Å². The highest BCUT2D eigenvalue weighted by molar-refractivity contribution is 6.76. The summed E-state index contributed by atoms with van der Waals surface area (Å²) < 4.78 is 23.0. The fraction of sp³-hybridized carbons (Fsp3) is 0.905. The first-order valence-corrected chi connectivity index (χ1v) is 14.1. The zero-order valence-corrected chi connectivity index (χ0v) is 18.8. The molecule has 6 heteroatoms. The van der Waals surface area contributed by atoms with Crippen LogP contribution in [0.2, 0.25) is 25.7 Å². The Balaban J connectivity index is 1.67. The normalized spacial score (nSPS) is 40.7. The van der Waals surface area contributed by atoms with Crippen LogP contribution in [0.25, 0.3) is 0 Å². The van der Waals surface area contributed by atoms with Crippen molar-refractivity contribution < 1.29 is 24.1 Å². The van der Waals surface area contributed by atoms with Crippen LogP contribution in [0.3, 0.4) is 0 Å². The molecule has 4 fully saturated rings. The van der Waals surface area contributed by atoms with Gasteiger partial charge in [-0.2, -0.15) is 0 Å². The highest BCUT2D eigenvalue weighted by Gasteiger charge is 2.70. The van der Waals surface area contributed by atoms with Gasteiger partial charge in [-0.1, -0.05) is 33.1 Å². The van der Waals surface area contributed by atoms with E-state index in [1.54, 1.807) is 7.11 Å². The maximum Gasteiger partial charge on any atom is 0.147 e. The van der Waals surface area contributed by atoms with E-state index in [-0.39, 0.29) is 11.8 Å². The second-order valence-electron chi connectivity index (χ2n) is 10.1. The lowest BCUT2D eigenvalue weighted by molar-refractivity contribution is -0.223. The van der Waals surface area contributed by atoms with Gasteiger partial charge in [-0.25, -0.2) is 0 Å². The Kier molecular flexibility index (Phi) is 6.27. The van der Waals surface area contributed by atoms with E-state index in [1.807, 2.05) is 0 Å². The molecule has 1 N–H and O–H groups in total. The van der Waals surface area contributed by atoms with E-state index >= 15 is 0 Å². The Morgan fingerprint density at radius 1 is 1.19 bits per heavy atom. The molecule has 0 amide bonds. The highest BCUT2D eigenvalue weighted by Crippen LogP contribution is 2.67. The highest BCUT2D eigenvalue weighted by atomic mass is 28.3. The van der Waals surface area contributed by atoms with Crippen molar-refractivity contribution in [1.82, 2.24) is 0 Å². The van der Waals surface area contributed by atoms with Crippen LogP contribution in [0.15, 0.2) is 12.2 Å². The zero-order valence-electron chi connectivity index (χ0n) is 17.8. The summed E-state index contributed by atoms with van der Waals surface area (Å²) in [6, 6.07) is 1.13. The smallest absolute Gasteiger partial charge is 0.147 e. The minimum Gasteiger partial charge on any atom is -0.389 e. The number of fused-ring (bicyclic) bond motifs is 1. The maximum atomic E-state index is 11.3. The molecule has 27 heavy (non-hydrogen) atoms. The summed E-state index contributed by atoms with van der Waals surface area (Å²) in [5.41, 5.74) is 0.0719. The van der Waals surface area contributed by atoms with Gasteiger partial charge >= 0.3 is 0 Å². The molecule has 4 saturated carbocycles. The van der Waals surface area contributed by atoms with Crippen molar-refractivity contribution in [1.29, 1.82) is 0 Å². The van der Waals surface area contributed by atoms with E-state index in [9.17, 15) is 5.11 Å². The van der Waals surface area contributed by atoms with E-state index in [1.165, 1.54) is 0 Å². The SMILES string of the molecule is C=C1[C@@H]2C[C@@]3(O)CC[C@@]1(OCOCC[Si](C)(C)C)[C@@H]3[C@@H](C)[C@@H]2COCOC. The molecular formula is C21H38O5Si. The largest absolute Gasteiger partial charge is 0.389 e. The minimum atomic E-state index is -1.10. The average molecular weight is 399 g/mol. The van der Waals surface area contributed by atoms with Crippen molar-refractivity contribution in [2.45, 2.75) is 63.1 Å². The lowest BCUT2D eigenvalue weighted by Gasteiger charge is -2.60. The molecule has 0 unspecified atom stereocenters. The van der Waals surface area contributed by atoms with Gasteiger partial charge in [0.2, 0.25) is 0 Å². The molecule has 4 aliphatic carbocycles. The third kappa shape index (κ3) is 3.94. The number of aliphatic hydroxyl groups is 1. The Morgan fingerprint density at radius 2 is 1.93 bits per heavy atom. The van der Waals surface area contributed by atoms with E-state index in [2.05, 4.69) is 33.1 Å². The Bertz CT molecular complexity index is 547. The third-order valence-corrected chi connectivity index (χ3v) is 8.90. The van der Waals surface area contributed by atoms with E-state index in [0.717, 1.165) is 37.5 Å². The molecule has 5 nitrogen and oxygen atoms in total. The number of hydrogen-bond donors (Lipinski definition) is 1. The van der Waals surface area contributed by atoms with Gasteiger partial charge in [0.25, 0.3) is 0 Å². The van der Waals surface area contributed by atoms with Crippen LogP contribution in [-0.2, 0) is 18.9 Å². The molecule has 0 radical (unpaired) electrons. The summed E-state index contributed by atoms with van der Waals surface area (Å²) in [6.45, 7) is 15.7. The Labute approximate surface area is 165 Å². The van der Waals surface area contributed by atoms with Crippen LogP contribution in [0.1, 0.15) is 26.2 Å². The minimum absolute atomic E-state index is 0.0687. The average Bonchev–Trinajstić information content (AvgIpc) is 2.84. The summed E-state index contributed by atoms with van der Waals surface area (Å²) in [5, 5.41) is 11.3. The van der Waals surface area contributed by atoms with Gasteiger partial charge < -0.3 is 24.1 Å². The molecule has 0 aromatic rings. The first-order chi connectivity index (χ1) is 12.6. The lowest BCUT2D eigenvalue weighted by atomic mass is 9.49. The van der Waals surface area contributed by atoms with Gasteiger partial charge in [0.05, 0.1) is 17.8 Å². The van der Waals surface area contributed by atoms with Crippen LogP contribution in [-0.4, -0.2) is 58.3 Å². The molecular weight excluding hydrogens is 360 g/mol. The van der Waals surface area contributed by atoms with Gasteiger partial charge in [-0.3, -0.25) is 0 Å². The first-order valence-electron chi connectivity index (χ1n) is 10.3. The van der Waals surface area contributed by atoms with Crippen molar-refractivity contribution in [3.05, 3.63) is 12.2 Å². The van der Waals surface area contributed by atoms with Gasteiger partial charge in [0.15, 0.2) is 0 Å². The standard InChI is InChI=1S/C21H38O5Si/c1-15-18(12-25-13-23-3)17-11-20(22)7-8-21(16(17)2,19(15)20)26-14-24-9-10-27(4,5)6/h15,17-19,22H,2,7-14H2,1,3-6H3/t15-,17-,18-,19+,20-,21-/m0/s1. The summed E-state index contributed by atoms with van der Waals surface area (Å²) in [4.78, 5) is 0. The number of rotatable bonds is 10. The third-order valence-electron chi connectivity index (χ3n) is 7.20. The molecule has 0 aliphatic heterocycles. The molecule has 0 saturated heterocycles. The van der Waals surface area contributed by atoms with Crippen molar-refractivity contribution >= 4 is 8.07 Å². The van der Waals surface area contributed by atoms with Crippen LogP contribution in [0.4, 0.5) is 0 Å². The van der Waals surface area contributed by atoms with Crippen molar-refractivity contribution in [2.75, 3.05) is 33.9 Å². The molecule has 156 valence electrons. The van der Waals surface area contributed by atoms with Gasteiger partial charge in [0, 0.05) is 27.7 Å². The predicted octanol–water partition coefficient (Wildman–Crippen LogP) is 3.66. The fourth-order valence-electron chi connectivity index (χ4n) is 5.87. The fourth-order valence-corrected chi connectivity index (χ4v) is 6.62. The molecule has 0 aromatic carbocycles. The number of methoxy groups -OCH3 is 1. The topological polar surface area (TPSA) is 57.2 Å². The quantitative estimate of drug-likeness (QED) is 0.263. The molecule has 4 aliphatic rings. The van der Waals surface area contributed by atoms with Crippen LogP contribution < -0.4 is 0 Å². The molecule has 6 atom stereocenters. The second kappa shape index (κ2) is 7.88. The Hall–Kier alpha value is -0.243. The zero-order chi connectivity index (χ0) is 19.9. The number of ether oxygens (including phenoxy) is 4. The summed E-state index contributed by atoms with van der Waals surface area (Å²) >= 11 is 0. The summed E-state index contributed by atoms with van der Waals surface area (Å²) in [7, 11) is 0.539. The molecule has 0 heterocycles. The lowest BCUT2D eigenvalue weighted by Crippen LogP contribution is -2.64. The molecule has 4 bridgehead atoms. The van der Waals surface area contributed by atoms with Gasteiger partial charge in [-0.05, 0) is 48.6 Å². The monoisotopic (exact) mass is 398 g/mol. The van der Waals surface area contributed by atoms with E-state index in [0.29, 0.717) is 32.0 Å².